The average Bonchev–Trinajstić information content (AvgIpc) is 3.44. The summed E-state index contributed by atoms with van der Waals surface area (Å²) in [5.41, 5.74) is 5.83. The maximum atomic E-state index is 13.4. The summed E-state index contributed by atoms with van der Waals surface area (Å²) in [6.07, 6.45) is 1.71. The number of carbonyl (C=O) groups excluding carboxylic acids is 2. The summed E-state index contributed by atoms with van der Waals surface area (Å²) < 4.78 is 5.48. The van der Waals surface area contributed by atoms with E-state index < -0.39 is 0 Å². The highest BCUT2D eigenvalue weighted by atomic mass is 35.5. The van der Waals surface area contributed by atoms with Crippen LogP contribution in [0.15, 0.2) is 40.9 Å². The molecule has 2 amide bonds. The summed E-state index contributed by atoms with van der Waals surface area (Å²) in [4.78, 5) is 29.9. The molecule has 1 heterocycles. The van der Waals surface area contributed by atoms with Gasteiger partial charge in [0.1, 0.15) is 0 Å². The Hall–Kier alpha value is -3.10. The van der Waals surface area contributed by atoms with E-state index >= 15 is 0 Å². The molecule has 194 valence electrons. The molecule has 8 nitrogen and oxygen atoms in total. The van der Waals surface area contributed by atoms with Gasteiger partial charge < -0.3 is 25.0 Å². The highest BCUT2D eigenvalue weighted by Crippen LogP contribution is 2.29. The number of anilines is 1. The van der Waals surface area contributed by atoms with Gasteiger partial charge in [0.25, 0.3) is 0 Å². The van der Waals surface area contributed by atoms with Gasteiger partial charge in [-0.1, -0.05) is 36.3 Å². The molecular weight excluding hydrogens is 478 g/mol. The Bertz CT molecular complexity index is 1190. The Morgan fingerprint density at radius 2 is 1.78 bits per heavy atom. The number of hydrogen-bond acceptors (Lipinski definition) is 6. The van der Waals surface area contributed by atoms with Crippen LogP contribution in [0.25, 0.3) is 11.0 Å². The molecule has 9 heteroatoms. The predicted octanol–water partition coefficient (Wildman–Crippen LogP) is 3.02. The minimum Gasteiger partial charge on any atom is -0.356 e. The average molecular weight is 514 g/mol. The number of hydrogen-bond donors (Lipinski definition) is 2. The summed E-state index contributed by atoms with van der Waals surface area (Å²) in [7, 11) is 1.86. The minimum absolute atomic E-state index is 0. The second kappa shape index (κ2) is 12.2. The van der Waals surface area contributed by atoms with Crippen molar-refractivity contribution in [3.63, 3.8) is 0 Å². The SMILES string of the molecule is CCNCCNC(=O)CN(CC(=O)N(C)C1Cc2ccccc2C1)c1cc2onc(C)c2cc1C.Cl. The monoisotopic (exact) mass is 513 g/mol. The van der Waals surface area contributed by atoms with Gasteiger partial charge in [-0.3, -0.25) is 9.59 Å². The molecule has 1 aliphatic carbocycles. The smallest absolute Gasteiger partial charge is 0.242 e. The standard InChI is InChI=1S/C27H35N5O3.ClH/c1-5-28-10-11-29-26(33)16-32(24-15-25-23(12-18(24)2)19(3)30-35-25)17-27(34)31(4)22-13-20-8-6-7-9-21(20)14-22;/h6-9,12,15,22,28H,5,10-11,13-14,16-17H2,1-4H3,(H,29,33);1H. The van der Waals surface area contributed by atoms with Gasteiger partial charge in [0, 0.05) is 43.3 Å². The molecule has 0 unspecified atom stereocenters. The molecule has 0 fully saturated rings. The van der Waals surface area contributed by atoms with Crippen molar-refractivity contribution in [1.82, 2.24) is 20.7 Å². The highest BCUT2D eigenvalue weighted by molar-refractivity contribution is 5.90. The van der Waals surface area contributed by atoms with Gasteiger partial charge in [0.15, 0.2) is 5.58 Å². The zero-order chi connectivity index (χ0) is 24.9. The van der Waals surface area contributed by atoms with Crippen LogP contribution in [0.4, 0.5) is 5.69 Å². The number of rotatable bonds is 10. The molecule has 2 aromatic carbocycles. The second-order valence-corrected chi connectivity index (χ2v) is 9.30. The Labute approximate surface area is 218 Å². The number of fused-ring (bicyclic) bond motifs is 2. The normalized spacial score (nSPS) is 12.8. The van der Waals surface area contributed by atoms with Gasteiger partial charge >= 0.3 is 0 Å². The lowest BCUT2D eigenvalue weighted by Crippen LogP contribution is -2.47. The van der Waals surface area contributed by atoms with E-state index in [0.717, 1.165) is 41.7 Å². The van der Waals surface area contributed by atoms with E-state index in [1.165, 1.54) is 11.1 Å². The molecule has 1 aromatic heterocycles. The molecule has 36 heavy (non-hydrogen) atoms. The van der Waals surface area contributed by atoms with Crippen LogP contribution in [-0.4, -0.2) is 67.7 Å². The van der Waals surface area contributed by atoms with E-state index in [0.29, 0.717) is 18.7 Å². The number of benzene rings is 2. The number of likely N-dealkylation sites (N-methyl/N-ethyl adjacent to an activating group) is 2. The van der Waals surface area contributed by atoms with Crippen molar-refractivity contribution in [2.24, 2.45) is 0 Å². The quantitative estimate of drug-likeness (QED) is 0.405. The van der Waals surface area contributed by atoms with Crippen LogP contribution < -0.4 is 15.5 Å². The minimum atomic E-state index is -0.125. The molecular formula is C27H36ClN5O3. The van der Waals surface area contributed by atoms with Crippen LogP contribution in [0, 0.1) is 13.8 Å². The molecule has 4 rings (SSSR count). The third-order valence-corrected chi connectivity index (χ3v) is 6.81. The molecule has 0 aliphatic heterocycles. The molecule has 3 aromatic rings. The van der Waals surface area contributed by atoms with Crippen LogP contribution in [0.1, 0.15) is 29.3 Å². The van der Waals surface area contributed by atoms with Crippen molar-refractivity contribution in [2.75, 3.05) is 44.7 Å². The van der Waals surface area contributed by atoms with Crippen molar-refractivity contribution in [3.8, 4) is 0 Å². The van der Waals surface area contributed by atoms with Crippen molar-refractivity contribution in [3.05, 3.63) is 58.8 Å². The van der Waals surface area contributed by atoms with E-state index in [1.54, 1.807) is 0 Å². The molecule has 2 N–H and O–H groups in total. The summed E-state index contributed by atoms with van der Waals surface area (Å²) in [6, 6.07) is 12.4. The zero-order valence-electron chi connectivity index (χ0n) is 21.5. The van der Waals surface area contributed by atoms with Crippen LogP contribution in [0.2, 0.25) is 0 Å². The van der Waals surface area contributed by atoms with E-state index in [2.05, 4.69) is 27.9 Å². The molecule has 0 saturated heterocycles. The maximum absolute atomic E-state index is 13.4. The number of carbonyl (C=O) groups is 2. The summed E-state index contributed by atoms with van der Waals surface area (Å²) in [6.45, 7) is 8.18. The number of nitrogens with zero attached hydrogens (tertiary/aromatic N) is 3. The maximum Gasteiger partial charge on any atom is 0.242 e. The molecule has 0 bridgehead atoms. The summed E-state index contributed by atoms with van der Waals surface area (Å²) in [5, 5.41) is 11.1. The lowest BCUT2D eigenvalue weighted by atomic mass is 10.1. The van der Waals surface area contributed by atoms with Crippen LogP contribution >= 0.6 is 12.4 Å². The molecule has 0 saturated carbocycles. The van der Waals surface area contributed by atoms with E-state index in [-0.39, 0.29) is 43.4 Å². The van der Waals surface area contributed by atoms with Crippen molar-refractivity contribution in [2.45, 2.75) is 39.7 Å². The molecule has 0 spiro atoms. The Kier molecular flexibility index (Phi) is 9.34. The Balaban J connectivity index is 0.00000361. The number of halogens is 1. The first kappa shape index (κ1) is 27.5. The second-order valence-electron chi connectivity index (χ2n) is 9.30. The van der Waals surface area contributed by atoms with Crippen LogP contribution in [0.5, 0.6) is 0 Å². The zero-order valence-corrected chi connectivity index (χ0v) is 22.3. The third-order valence-electron chi connectivity index (χ3n) is 6.81. The highest BCUT2D eigenvalue weighted by Gasteiger charge is 2.29. The number of aryl methyl sites for hydroxylation is 2. The lowest BCUT2D eigenvalue weighted by Gasteiger charge is -2.30. The van der Waals surface area contributed by atoms with Gasteiger partial charge in [-0.2, -0.15) is 0 Å². The van der Waals surface area contributed by atoms with Crippen LogP contribution in [0.3, 0.4) is 0 Å². The number of aromatic nitrogens is 1. The van der Waals surface area contributed by atoms with Crippen molar-refractivity contribution >= 4 is 40.9 Å². The largest absolute Gasteiger partial charge is 0.356 e. The summed E-state index contributed by atoms with van der Waals surface area (Å²) in [5.74, 6) is -0.142. The lowest BCUT2D eigenvalue weighted by molar-refractivity contribution is -0.130. The van der Waals surface area contributed by atoms with E-state index in [9.17, 15) is 9.59 Å². The fraction of sp³-hybridized carbons (Fsp3) is 0.444. The van der Waals surface area contributed by atoms with Gasteiger partial charge in [-0.25, -0.2) is 0 Å². The number of nitrogens with one attached hydrogen (secondary N) is 2. The van der Waals surface area contributed by atoms with Gasteiger partial charge in [-0.15, -0.1) is 12.4 Å². The van der Waals surface area contributed by atoms with E-state index in [4.69, 9.17) is 4.52 Å². The van der Waals surface area contributed by atoms with Crippen molar-refractivity contribution in [1.29, 1.82) is 0 Å². The van der Waals surface area contributed by atoms with E-state index in [1.807, 2.05) is 61.9 Å². The first-order valence-corrected chi connectivity index (χ1v) is 12.3. The van der Waals surface area contributed by atoms with Gasteiger partial charge in [0.05, 0.1) is 18.8 Å². The molecule has 0 atom stereocenters. The van der Waals surface area contributed by atoms with Gasteiger partial charge in [0.2, 0.25) is 11.8 Å². The predicted molar refractivity (Wildman–Crippen MR) is 145 cm³/mol. The first-order chi connectivity index (χ1) is 16.9. The number of amides is 2. The Morgan fingerprint density at radius 1 is 1.08 bits per heavy atom. The first-order valence-electron chi connectivity index (χ1n) is 12.3. The van der Waals surface area contributed by atoms with Gasteiger partial charge in [-0.05, 0) is 56.0 Å². The fourth-order valence-electron chi connectivity index (χ4n) is 4.75. The van der Waals surface area contributed by atoms with Crippen LogP contribution in [-0.2, 0) is 22.4 Å². The topological polar surface area (TPSA) is 90.7 Å². The summed E-state index contributed by atoms with van der Waals surface area (Å²) >= 11 is 0. The fourth-order valence-corrected chi connectivity index (χ4v) is 4.75. The molecule has 1 aliphatic rings. The Morgan fingerprint density at radius 3 is 2.44 bits per heavy atom. The third kappa shape index (κ3) is 6.17. The molecule has 0 radical (unpaired) electrons. The van der Waals surface area contributed by atoms with Crippen molar-refractivity contribution < 1.29 is 14.1 Å².